The lowest BCUT2D eigenvalue weighted by atomic mass is 9.87. The fourth-order valence-corrected chi connectivity index (χ4v) is 3.04. The average Bonchev–Trinajstić information content (AvgIpc) is 2.47. The molecule has 0 unspecified atom stereocenters. The standard InChI is InChI=1S/C17H26ClNO/c1-2-12-20-17-9-8-15(18)13-16(17)19-11-10-14-6-4-3-5-7-14/h8-9,13-14,19H,2-7,10-12H2,1H3. The average molecular weight is 296 g/mol. The van der Waals surface area contributed by atoms with E-state index in [2.05, 4.69) is 12.2 Å². The highest BCUT2D eigenvalue weighted by atomic mass is 35.5. The van der Waals surface area contributed by atoms with Gasteiger partial charge in [0.2, 0.25) is 0 Å². The largest absolute Gasteiger partial charge is 0.491 e. The molecule has 0 saturated heterocycles. The maximum absolute atomic E-state index is 6.08. The van der Waals surface area contributed by atoms with Gasteiger partial charge in [-0.2, -0.15) is 0 Å². The van der Waals surface area contributed by atoms with Crippen LogP contribution in [-0.2, 0) is 0 Å². The quantitative estimate of drug-likeness (QED) is 0.716. The molecule has 112 valence electrons. The smallest absolute Gasteiger partial charge is 0.142 e. The highest BCUT2D eigenvalue weighted by Crippen LogP contribution is 2.30. The third kappa shape index (κ3) is 4.90. The van der Waals surface area contributed by atoms with E-state index in [1.807, 2.05) is 18.2 Å². The van der Waals surface area contributed by atoms with E-state index in [0.717, 1.165) is 41.9 Å². The fourth-order valence-electron chi connectivity index (χ4n) is 2.87. The van der Waals surface area contributed by atoms with Crippen LogP contribution < -0.4 is 10.1 Å². The van der Waals surface area contributed by atoms with Crippen molar-refractivity contribution in [1.82, 2.24) is 0 Å². The van der Waals surface area contributed by atoms with Gasteiger partial charge < -0.3 is 10.1 Å². The summed E-state index contributed by atoms with van der Waals surface area (Å²) in [4.78, 5) is 0. The van der Waals surface area contributed by atoms with Crippen LogP contribution in [0.25, 0.3) is 0 Å². The first-order chi connectivity index (χ1) is 9.79. The second-order valence-corrected chi connectivity index (χ2v) is 6.14. The van der Waals surface area contributed by atoms with Crippen molar-refractivity contribution in [2.45, 2.75) is 51.9 Å². The molecule has 2 rings (SSSR count). The molecule has 1 aromatic carbocycles. The molecule has 1 aromatic rings. The minimum absolute atomic E-state index is 0.749. The van der Waals surface area contributed by atoms with Crippen molar-refractivity contribution in [3.8, 4) is 5.75 Å². The maximum Gasteiger partial charge on any atom is 0.142 e. The van der Waals surface area contributed by atoms with Gasteiger partial charge in [0.1, 0.15) is 5.75 Å². The van der Waals surface area contributed by atoms with Crippen molar-refractivity contribution < 1.29 is 4.74 Å². The number of rotatable bonds is 7. The van der Waals surface area contributed by atoms with E-state index in [0.29, 0.717) is 0 Å². The maximum atomic E-state index is 6.08. The summed E-state index contributed by atoms with van der Waals surface area (Å²) in [5, 5.41) is 4.26. The fraction of sp³-hybridized carbons (Fsp3) is 0.647. The Bertz CT molecular complexity index is 402. The third-order valence-corrected chi connectivity index (χ3v) is 4.23. The van der Waals surface area contributed by atoms with Gasteiger partial charge in [0.05, 0.1) is 12.3 Å². The van der Waals surface area contributed by atoms with Crippen LogP contribution in [0.15, 0.2) is 18.2 Å². The van der Waals surface area contributed by atoms with Crippen LogP contribution >= 0.6 is 11.6 Å². The van der Waals surface area contributed by atoms with Gasteiger partial charge in [-0.3, -0.25) is 0 Å². The zero-order chi connectivity index (χ0) is 14.2. The lowest BCUT2D eigenvalue weighted by Crippen LogP contribution is -2.12. The van der Waals surface area contributed by atoms with Gasteiger partial charge in [-0.1, -0.05) is 50.6 Å². The Morgan fingerprint density at radius 2 is 2.05 bits per heavy atom. The molecule has 0 radical (unpaired) electrons. The molecule has 0 heterocycles. The normalized spacial score (nSPS) is 16.1. The summed E-state index contributed by atoms with van der Waals surface area (Å²) in [7, 11) is 0. The van der Waals surface area contributed by atoms with Crippen LogP contribution in [-0.4, -0.2) is 13.2 Å². The zero-order valence-electron chi connectivity index (χ0n) is 12.5. The van der Waals surface area contributed by atoms with Gasteiger partial charge in [0, 0.05) is 11.6 Å². The van der Waals surface area contributed by atoms with E-state index in [4.69, 9.17) is 16.3 Å². The highest BCUT2D eigenvalue weighted by Gasteiger charge is 2.13. The van der Waals surface area contributed by atoms with Crippen LogP contribution in [0.3, 0.4) is 0 Å². The molecule has 0 amide bonds. The van der Waals surface area contributed by atoms with Crippen LogP contribution in [0, 0.1) is 5.92 Å². The molecule has 2 nitrogen and oxygen atoms in total. The lowest BCUT2D eigenvalue weighted by Gasteiger charge is -2.22. The predicted octanol–water partition coefficient (Wildman–Crippen LogP) is 5.51. The van der Waals surface area contributed by atoms with E-state index in [9.17, 15) is 0 Å². The number of benzene rings is 1. The van der Waals surface area contributed by atoms with E-state index < -0.39 is 0 Å². The molecule has 1 saturated carbocycles. The summed E-state index contributed by atoms with van der Waals surface area (Å²) in [6.45, 7) is 3.87. The van der Waals surface area contributed by atoms with E-state index in [1.165, 1.54) is 38.5 Å². The monoisotopic (exact) mass is 295 g/mol. The van der Waals surface area contributed by atoms with E-state index in [1.54, 1.807) is 0 Å². The Balaban J connectivity index is 1.85. The summed E-state index contributed by atoms with van der Waals surface area (Å²) < 4.78 is 5.76. The molecule has 1 aliphatic rings. The molecule has 20 heavy (non-hydrogen) atoms. The Hall–Kier alpha value is -0.890. The topological polar surface area (TPSA) is 21.3 Å². The summed E-state index contributed by atoms with van der Waals surface area (Å²) in [5.41, 5.74) is 1.03. The van der Waals surface area contributed by atoms with Crippen molar-refractivity contribution in [3.05, 3.63) is 23.2 Å². The van der Waals surface area contributed by atoms with Crippen LogP contribution in [0.4, 0.5) is 5.69 Å². The van der Waals surface area contributed by atoms with Gasteiger partial charge >= 0.3 is 0 Å². The Kier molecular flexibility index (Phi) is 6.52. The van der Waals surface area contributed by atoms with Crippen molar-refractivity contribution in [1.29, 1.82) is 0 Å². The Morgan fingerprint density at radius 3 is 2.80 bits per heavy atom. The Morgan fingerprint density at radius 1 is 1.25 bits per heavy atom. The first kappa shape index (κ1) is 15.5. The molecule has 1 N–H and O–H groups in total. The summed E-state index contributed by atoms with van der Waals surface area (Å²) in [5.74, 6) is 1.82. The summed E-state index contributed by atoms with van der Waals surface area (Å²) >= 11 is 6.08. The summed E-state index contributed by atoms with van der Waals surface area (Å²) in [6.07, 6.45) is 9.31. The molecule has 0 spiro atoms. The van der Waals surface area contributed by atoms with Gasteiger partial charge in [0.25, 0.3) is 0 Å². The number of hydrogen-bond acceptors (Lipinski definition) is 2. The molecule has 1 aliphatic carbocycles. The molecule has 0 aromatic heterocycles. The highest BCUT2D eigenvalue weighted by molar-refractivity contribution is 6.30. The lowest BCUT2D eigenvalue weighted by molar-refractivity contribution is 0.318. The number of anilines is 1. The molecule has 3 heteroatoms. The molecule has 0 aliphatic heterocycles. The first-order valence-corrected chi connectivity index (χ1v) is 8.33. The molecule has 0 bridgehead atoms. The predicted molar refractivity (Wildman–Crippen MR) is 86.9 cm³/mol. The van der Waals surface area contributed by atoms with Crippen molar-refractivity contribution in [3.63, 3.8) is 0 Å². The van der Waals surface area contributed by atoms with Crippen molar-refractivity contribution in [2.24, 2.45) is 5.92 Å². The summed E-state index contributed by atoms with van der Waals surface area (Å²) in [6, 6.07) is 5.81. The SMILES string of the molecule is CCCOc1ccc(Cl)cc1NCCC1CCCCC1. The van der Waals surface area contributed by atoms with E-state index >= 15 is 0 Å². The molecular formula is C17H26ClNO. The van der Waals surface area contributed by atoms with E-state index in [-0.39, 0.29) is 0 Å². The number of halogens is 1. The zero-order valence-corrected chi connectivity index (χ0v) is 13.2. The van der Waals surface area contributed by atoms with Gasteiger partial charge in [0.15, 0.2) is 0 Å². The molecule has 1 fully saturated rings. The van der Waals surface area contributed by atoms with Crippen LogP contribution in [0.5, 0.6) is 5.75 Å². The van der Waals surface area contributed by atoms with Gasteiger partial charge in [-0.15, -0.1) is 0 Å². The van der Waals surface area contributed by atoms with Crippen LogP contribution in [0.1, 0.15) is 51.9 Å². The Labute approximate surface area is 127 Å². The van der Waals surface area contributed by atoms with Crippen molar-refractivity contribution in [2.75, 3.05) is 18.5 Å². The minimum Gasteiger partial charge on any atom is -0.491 e. The molecular weight excluding hydrogens is 270 g/mol. The third-order valence-electron chi connectivity index (χ3n) is 4.00. The minimum atomic E-state index is 0.749. The first-order valence-electron chi connectivity index (χ1n) is 7.96. The van der Waals surface area contributed by atoms with Gasteiger partial charge in [-0.05, 0) is 37.0 Å². The second-order valence-electron chi connectivity index (χ2n) is 5.71. The number of hydrogen-bond donors (Lipinski definition) is 1. The number of ether oxygens (including phenoxy) is 1. The van der Waals surface area contributed by atoms with Crippen LogP contribution in [0.2, 0.25) is 5.02 Å². The second kappa shape index (κ2) is 8.41. The number of nitrogens with one attached hydrogen (secondary N) is 1. The molecule has 0 atom stereocenters. The van der Waals surface area contributed by atoms with Crippen molar-refractivity contribution >= 4 is 17.3 Å². The van der Waals surface area contributed by atoms with Gasteiger partial charge in [-0.25, -0.2) is 0 Å².